The Morgan fingerprint density at radius 2 is 2.38 bits per heavy atom. The lowest BCUT2D eigenvalue weighted by Crippen LogP contribution is -2.07. The fourth-order valence-electron chi connectivity index (χ4n) is 1.63. The van der Waals surface area contributed by atoms with Crippen LogP contribution >= 0.6 is 0 Å². The van der Waals surface area contributed by atoms with E-state index in [0.717, 1.165) is 29.4 Å². The number of anilines is 2. The van der Waals surface area contributed by atoms with E-state index in [1.54, 1.807) is 17.1 Å². The summed E-state index contributed by atoms with van der Waals surface area (Å²) in [6.07, 6.45) is 4.35. The SMILES string of the molecule is CCc1nn(C)c(NCc2ncc[nH]2)c1N. The Morgan fingerprint density at radius 1 is 1.56 bits per heavy atom. The first-order chi connectivity index (χ1) is 7.72. The molecule has 0 saturated heterocycles. The van der Waals surface area contributed by atoms with Crippen LogP contribution in [0.4, 0.5) is 11.5 Å². The Hall–Kier alpha value is -1.98. The Kier molecular flexibility index (Phi) is 2.80. The molecule has 0 atom stereocenters. The van der Waals surface area contributed by atoms with Crippen molar-refractivity contribution < 1.29 is 0 Å². The number of aryl methyl sites for hydroxylation is 2. The maximum absolute atomic E-state index is 5.98. The van der Waals surface area contributed by atoms with Crippen molar-refractivity contribution in [2.75, 3.05) is 11.1 Å². The fraction of sp³-hybridized carbons (Fsp3) is 0.400. The van der Waals surface area contributed by atoms with Gasteiger partial charge in [-0.25, -0.2) is 4.98 Å². The van der Waals surface area contributed by atoms with Crippen molar-refractivity contribution in [3.8, 4) is 0 Å². The van der Waals surface area contributed by atoms with Crippen molar-refractivity contribution in [3.05, 3.63) is 23.9 Å². The van der Waals surface area contributed by atoms with Gasteiger partial charge in [0, 0.05) is 19.4 Å². The van der Waals surface area contributed by atoms with E-state index in [1.165, 1.54) is 0 Å². The molecular formula is C10H16N6. The molecule has 0 bridgehead atoms. The molecular weight excluding hydrogens is 204 g/mol. The summed E-state index contributed by atoms with van der Waals surface area (Å²) in [5.41, 5.74) is 7.62. The smallest absolute Gasteiger partial charge is 0.148 e. The lowest BCUT2D eigenvalue weighted by atomic mass is 10.3. The van der Waals surface area contributed by atoms with Gasteiger partial charge < -0.3 is 16.0 Å². The summed E-state index contributed by atoms with van der Waals surface area (Å²) < 4.78 is 1.76. The molecule has 0 aromatic carbocycles. The van der Waals surface area contributed by atoms with Crippen LogP contribution in [-0.4, -0.2) is 19.7 Å². The van der Waals surface area contributed by atoms with Gasteiger partial charge in [-0.1, -0.05) is 6.92 Å². The molecule has 0 unspecified atom stereocenters. The van der Waals surface area contributed by atoms with Crippen molar-refractivity contribution in [1.82, 2.24) is 19.7 Å². The summed E-state index contributed by atoms with van der Waals surface area (Å²) in [6.45, 7) is 2.65. The van der Waals surface area contributed by atoms with Gasteiger partial charge >= 0.3 is 0 Å². The predicted molar refractivity (Wildman–Crippen MR) is 62.9 cm³/mol. The first-order valence-corrected chi connectivity index (χ1v) is 5.25. The Balaban J connectivity index is 2.12. The number of nitrogens with two attached hydrogens (primary N) is 1. The Labute approximate surface area is 93.9 Å². The molecule has 6 nitrogen and oxygen atoms in total. The molecule has 2 rings (SSSR count). The molecule has 0 aliphatic heterocycles. The van der Waals surface area contributed by atoms with E-state index in [9.17, 15) is 0 Å². The van der Waals surface area contributed by atoms with E-state index in [1.807, 2.05) is 14.0 Å². The van der Waals surface area contributed by atoms with Crippen LogP contribution in [-0.2, 0) is 20.0 Å². The normalized spacial score (nSPS) is 10.6. The molecule has 0 spiro atoms. The zero-order valence-corrected chi connectivity index (χ0v) is 9.49. The third kappa shape index (κ3) is 1.86. The second-order valence-electron chi connectivity index (χ2n) is 3.58. The molecule has 86 valence electrons. The summed E-state index contributed by atoms with van der Waals surface area (Å²) in [5.74, 6) is 1.71. The van der Waals surface area contributed by atoms with E-state index < -0.39 is 0 Å². The average Bonchev–Trinajstić information content (AvgIpc) is 2.86. The van der Waals surface area contributed by atoms with Crippen molar-refractivity contribution in [1.29, 1.82) is 0 Å². The van der Waals surface area contributed by atoms with Crippen molar-refractivity contribution in [2.24, 2.45) is 7.05 Å². The van der Waals surface area contributed by atoms with E-state index in [4.69, 9.17) is 5.73 Å². The molecule has 0 amide bonds. The highest BCUT2D eigenvalue weighted by molar-refractivity contribution is 5.64. The third-order valence-electron chi connectivity index (χ3n) is 2.47. The second-order valence-corrected chi connectivity index (χ2v) is 3.58. The van der Waals surface area contributed by atoms with Gasteiger partial charge in [-0.2, -0.15) is 5.10 Å². The molecule has 0 aliphatic carbocycles. The number of hydrogen-bond donors (Lipinski definition) is 3. The number of nitrogens with zero attached hydrogens (tertiary/aromatic N) is 3. The zero-order valence-electron chi connectivity index (χ0n) is 9.49. The number of aromatic amines is 1. The highest BCUT2D eigenvalue weighted by Gasteiger charge is 2.11. The van der Waals surface area contributed by atoms with Crippen LogP contribution in [0, 0.1) is 0 Å². The molecule has 2 aromatic rings. The minimum absolute atomic E-state index is 0.611. The minimum atomic E-state index is 0.611. The van der Waals surface area contributed by atoms with E-state index >= 15 is 0 Å². The van der Waals surface area contributed by atoms with Gasteiger partial charge in [0.1, 0.15) is 11.6 Å². The van der Waals surface area contributed by atoms with E-state index in [-0.39, 0.29) is 0 Å². The van der Waals surface area contributed by atoms with Crippen LogP contribution in [0.1, 0.15) is 18.4 Å². The van der Waals surface area contributed by atoms with Gasteiger partial charge in [-0.3, -0.25) is 4.68 Å². The van der Waals surface area contributed by atoms with Crippen LogP contribution in [0.5, 0.6) is 0 Å². The summed E-state index contributed by atoms with van der Waals surface area (Å²) in [6, 6.07) is 0. The number of H-pyrrole nitrogens is 1. The number of hydrogen-bond acceptors (Lipinski definition) is 4. The summed E-state index contributed by atoms with van der Waals surface area (Å²) >= 11 is 0. The molecule has 2 heterocycles. The molecule has 0 radical (unpaired) electrons. The second kappa shape index (κ2) is 4.26. The predicted octanol–water partition coefficient (Wildman–Crippen LogP) is 0.900. The number of aromatic nitrogens is 4. The van der Waals surface area contributed by atoms with Gasteiger partial charge in [-0.05, 0) is 6.42 Å². The maximum atomic E-state index is 5.98. The van der Waals surface area contributed by atoms with Gasteiger partial charge in [0.15, 0.2) is 0 Å². The van der Waals surface area contributed by atoms with Gasteiger partial charge in [0.05, 0.1) is 17.9 Å². The highest BCUT2D eigenvalue weighted by Crippen LogP contribution is 2.22. The first kappa shape index (κ1) is 10.5. The van der Waals surface area contributed by atoms with Crippen molar-refractivity contribution in [2.45, 2.75) is 19.9 Å². The number of nitrogens with one attached hydrogen (secondary N) is 2. The molecule has 0 fully saturated rings. The number of nitrogen functional groups attached to an aromatic ring is 1. The monoisotopic (exact) mass is 220 g/mol. The quantitative estimate of drug-likeness (QED) is 0.714. The third-order valence-corrected chi connectivity index (χ3v) is 2.47. The highest BCUT2D eigenvalue weighted by atomic mass is 15.3. The lowest BCUT2D eigenvalue weighted by Gasteiger charge is -2.05. The largest absolute Gasteiger partial charge is 0.394 e. The summed E-state index contributed by atoms with van der Waals surface area (Å²) in [5, 5.41) is 7.55. The van der Waals surface area contributed by atoms with Crippen molar-refractivity contribution >= 4 is 11.5 Å². The summed E-state index contributed by atoms with van der Waals surface area (Å²) in [4.78, 5) is 7.15. The molecule has 0 saturated carbocycles. The Morgan fingerprint density at radius 3 is 2.94 bits per heavy atom. The van der Waals surface area contributed by atoms with E-state index in [0.29, 0.717) is 6.54 Å². The van der Waals surface area contributed by atoms with Crippen LogP contribution in [0.25, 0.3) is 0 Å². The van der Waals surface area contributed by atoms with E-state index in [2.05, 4.69) is 20.4 Å². The van der Waals surface area contributed by atoms with Gasteiger partial charge in [0.2, 0.25) is 0 Å². The summed E-state index contributed by atoms with van der Waals surface area (Å²) in [7, 11) is 1.87. The lowest BCUT2D eigenvalue weighted by molar-refractivity contribution is 0.746. The number of rotatable bonds is 4. The molecule has 6 heteroatoms. The van der Waals surface area contributed by atoms with Crippen LogP contribution in [0.15, 0.2) is 12.4 Å². The van der Waals surface area contributed by atoms with Gasteiger partial charge in [-0.15, -0.1) is 0 Å². The number of imidazole rings is 1. The molecule has 0 aliphatic rings. The molecule has 16 heavy (non-hydrogen) atoms. The molecule has 2 aromatic heterocycles. The first-order valence-electron chi connectivity index (χ1n) is 5.25. The van der Waals surface area contributed by atoms with Gasteiger partial charge in [0.25, 0.3) is 0 Å². The van der Waals surface area contributed by atoms with Crippen LogP contribution in [0.2, 0.25) is 0 Å². The minimum Gasteiger partial charge on any atom is -0.394 e. The van der Waals surface area contributed by atoms with Crippen molar-refractivity contribution in [3.63, 3.8) is 0 Å². The van der Waals surface area contributed by atoms with Crippen LogP contribution in [0.3, 0.4) is 0 Å². The Bertz CT molecular complexity index is 456. The standard InChI is InChI=1S/C10H16N6/c1-3-7-9(11)10(16(2)15-7)14-6-8-12-4-5-13-8/h4-5,14H,3,6,11H2,1-2H3,(H,12,13). The fourth-order valence-corrected chi connectivity index (χ4v) is 1.63. The average molecular weight is 220 g/mol. The van der Waals surface area contributed by atoms with Crippen LogP contribution < -0.4 is 11.1 Å². The molecule has 4 N–H and O–H groups in total. The topological polar surface area (TPSA) is 84.5 Å². The zero-order chi connectivity index (χ0) is 11.5. The maximum Gasteiger partial charge on any atom is 0.148 e.